The molecule has 1 aromatic heterocycles. The zero-order chi connectivity index (χ0) is 16.6. The van der Waals surface area contributed by atoms with Crippen molar-refractivity contribution < 1.29 is 13.2 Å². The van der Waals surface area contributed by atoms with Crippen molar-refractivity contribution in [3.8, 4) is 0 Å². The van der Waals surface area contributed by atoms with E-state index in [0.717, 1.165) is 0 Å². The first-order valence-corrected chi connectivity index (χ1v) is 8.99. The summed E-state index contributed by atoms with van der Waals surface area (Å²) in [6.45, 7) is 4.51. The lowest BCUT2D eigenvalue weighted by atomic mass is 10.2. The van der Waals surface area contributed by atoms with Gasteiger partial charge in [0.25, 0.3) is 0 Å². The van der Waals surface area contributed by atoms with Crippen LogP contribution in [-0.4, -0.2) is 68.6 Å². The van der Waals surface area contributed by atoms with Crippen LogP contribution in [0.25, 0.3) is 0 Å². The molecule has 2 saturated heterocycles. The van der Waals surface area contributed by atoms with Gasteiger partial charge in [0, 0.05) is 32.7 Å². The molecule has 2 aliphatic rings. The zero-order valence-corrected chi connectivity index (χ0v) is 14.0. The second kappa shape index (κ2) is 6.10. The van der Waals surface area contributed by atoms with Crippen LogP contribution in [0.4, 0.5) is 11.6 Å². The van der Waals surface area contributed by atoms with Crippen molar-refractivity contribution in [3.05, 3.63) is 16.6 Å². The Balaban J connectivity index is 1.99. The smallest absolute Gasteiger partial charge is 0.348 e. The van der Waals surface area contributed by atoms with Crippen LogP contribution in [0, 0.1) is 0 Å². The molecule has 9 nitrogen and oxygen atoms in total. The first-order chi connectivity index (χ1) is 10.9. The Morgan fingerprint density at radius 1 is 1.35 bits per heavy atom. The molecule has 0 radical (unpaired) electrons. The van der Waals surface area contributed by atoms with Gasteiger partial charge in [-0.2, -0.15) is 17.7 Å². The molecule has 0 bridgehead atoms. The van der Waals surface area contributed by atoms with Gasteiger partial charge >= 0.3 is 15.9 Å². The predicted octanol–water partition coefficient (Wildman–Crippen LogP) is -0.618. The van der Waals surface area contributed by atoms with Gasteiger partial charge in [0.15, 0.2) is 0 Å². The van der Waals surface area contributed by atoms with Gasteiger partial charge in [-0.3, -0.25) is 4.98 Å². The minimum absolute atomic E-state index is 0.0755. The van der Waals surface area contributed by atoms with Gasteiger partial charge < -0.3 is 9.64 Å². The molecular formula is C13H21N5O4S. The summed E-state index contributed by atoms with van der Waals surface area (Å²) in [5.41, 5.74) is -0.556. The van der Waals surface area contributed by atoms with Crippen molar-refractivity contribution in [3.63, 3.8) is 0 Å². The molecule has 128 valence electrons. The Hall–Kier alpha value is -1.65. The summed E-state index contributed by atoms with van der Waals surface area (Å²) in [4.78, 5) is 20.4. The third-order valence-electron chi connectivity index (χ3n) is 4.15. The quantitative estimate of drug-likeness (QED) is 0.768. The number of hydrogen-bond donors (Lipinski definition) is 1. The van der Waals surface area contributed by atoms with Crippen LogP contribution in [0.1, 0.15) is 13.3 Å². The summed E-state index contributed by atoms with van der Waals surface area (Å²) in [7, 11) is -2.07. The molecule has 1 atom stereocenters. The number of H-pyrrole nitrogens is 1. The van der Waals surface area contributed by atoms with Crippen LogP contribution in [0.15, 0.2) is 10.9 Å². The van der Waals surface area contributed by atoms with E-state index in [1.807, 2.05) is 11.8 Å². The maximum absolute atomic E-state index is 12.5. The fourth-order valence-corrected chi connectivity index (χ4v) is 4.26. The number of morpholine rings is 1. The van der Waals surface area contributed by atoms with Crippen molar-refractivity contribution in [2.45, 2.75) is 19.4 Å². The standard InChI is InChI=1S/C13H21N5O4S/c1-10-9-22-7-6-17(10)11-8-12(15-13(19)14-11)18-5-3-4-16(2)23(18,20)21/h8,10H,3-7,9H2,1-2H3,(H,14,15,19). The van der Waals surface area contributed by atoms with E-state index in [1.54, 1.807) is 6.07 Å². The number of nitrogens with one attached hydrogen (secondary N) is 1. The third-order valence-corrected chi connectivity index (χ3v) is 6.06. The third kappa shape index (κ3) is 3.06. The van der Waals surface area contributed by atoms with Gasteiger partial charge in [-0.1, -0.05) is 0 Å². The molecule has 0 spiro atoms. The molecule has 0 amide bonds. The van der Waals surface area contributed by atoms with Gasteiger partial charge in [0.2, 0.25) is 0 Å². The highest BCUT2D eigenvalue weighted by molar-refractivity contribution is 7.90. The van der Waals surface area contributed by atoms with Crippen molar-refractivity contribution in [2.24, 2.45) is 0 Å². The second-order valence-electron chi connectivity index (χ2n) is 5.80. The Kier molecular flexibility index (Phi) is 4.30. The number of rotatable bonds is 2. The van der Waals surface area contributed by atoms with Crippen LogP contribution in [-0.2, 0) is 14.9 Å². The molecular weight excluding hydrogens is 322 g/mol. The van der Waals surface area contributed by atoms with Gasteiger partial charge in [-0.15, -0.1) is 0 Å². The number of hydrogen-bond acceptors (Lipinski definition) is 6. The fraction of sp³-hybridized carbons (Fsp3) is 0.692. The molecule has 0 aromatic carbocycles. The van der Waals surface area contributed by atoms with E-state index in [1.165, 1.54) is 15.7 Å². The first kappa shape index (κ1) is 16.2. The maximum atomic E-state index is 12.5. The number of aromatic nitrogens is 2. The second-order valence-corrected chi connectivity index (χ2v) is 7.76. The van der Waals surface area contributed by atoms with E-state index in [2.05, 4.69) is 9.97 Å². The SMILES string of the molecule is CC1COCCN1c1cc(N2CCCN(C)S2(=O)=O)[nH]c(=O)n1. The number of nitrogens with zero attached hydrogens (tertiary/aromatic N) is 4. The van der Waals surface area contributed by atoms with Crippen LogP contribution in [0.3, 0.4) is 0 Å². The predicted molar refractivity (Wildman–Crippen MR) is 86.0 cm³/mol. The average Bonchev–Trinajstić information content (AvgIpc) is 2.49. The lowest BCUT2D eigenvalue weighted by Crippen LogP contribution is -2.49. The van der Waals surface area contributed by atoms with Crippen LogP contribution in [0.5, 0.6) is 0 Å². The fourth-order valence-electron chi connectivity index (χ4n) is 2.86. The summed E-state index contributed by atoms with van der Waals surface area (Å²) in [6, 6.07) is 1.70. The lowest BCUT2D eigenvalue weighted by Gasteiger charge is -2.36. The summed E-state index contributed by atoms with van der Waals surface area (Å²) in [5.74, 6) is 0.730. The van der Waals surface area contributed by atoms with Gasteiger partial charge in [-0.05, 0) is 13.3 Å². The highest BCUT2D eigenvalue weighted by atomic mass is 32.2. The Morgan fingerprint density at radius 2 is 2.13 bits per heavy atom. The molecule has 0 aliphatic carbocycles. The maximum Gasteiger partial charge on any atom is 0.348 e. The van der Waals surface area contributed by atoms with Crippen molar-refractivity contribution in [2.75, 3.05) is 49.1 Å². The highest BCUT2D eigenvalue weighted by Gasteiger charge is 2.32. The Labute approximate surface area is 135 Å². The summed E-state index contributed by atoms with van der Waals surface area (Å²) < 4.78 is 32.8. The van der Waals surface area contributed by atoms with E-state index in [4.69, 9.17) is 4.74 Å². The highest BCUT2D eigenvalue weighted by Crippen LogP contribution is 2.25. The van der Waals surface area contributed by atoms with Gasteiger partial charge in [-0.25, -0.2) is 9.10 Å². The molecule has 23 heavy (non-hydrogen) atoms. The molecule has 10 heteroatoms. The largest absolute Gasteiger partial charge is 0.377 e. The van der Waals surface area contributed by atoms with E-state index in [-0.39, 0.29) is 11.9 Å². The zero-order valence-electron chi connectivity index (χ0n) is 13.2. The molecule has 1 aromatic rings. The van der Waals surface area contributed by atoms with Gasteiger partial charge in [0.1, 0.15) is 11.6 Å². The average molecular weight is 343 g/mol. The van der Waals surface area contributed by atoms with Crippen molar-refractivity contribution in [1.29, 1.82) is 0 Å². The number of aromatic amines is 1. The number of anilines is 2. The summed E-state index contributed by atoms with van der Waals surface area (Å²) in [5, 5.41) is 0. The Morgan fingerprint density at radius 3 is 2.87 bits per heavy atom. The van der Waals surface area contributed by atoms with Crippen molar-refractivity contribution >= 4 is 21.8 Å². The van der Waals surface area contributed by atoms with Crippen LogP contribution >= 0.6 is 0 Å². The lowest BCUT2D eigenvalue weighted by molar-refractivity contribution is 0.0985. The Bertz CT molecular complexity index is 734. The number of ether oxygens (including phenoxy) is 1. The minimum atomic E-state index is -3.61. The molecule has 3 rings (SSSR count). The molecule has 2 fully saturated rings. The summed E-state index contributed by atoms with van der Waals surface area (Å²) in [6.07, 6.45) is 0.698. The van der Waals surface area contributed by atoms with E-state index < -0.39 is 15.9 Å². The molecule has 1 unspecified atom stereocenters. The van der Waals surface area contributed by atoms with Crippen LogP contribution in [0.2, 0.25) is 0 Å². The molecule has 3 heterocycles. The molecule has 0 saturated carbocycles. The van der Waals surface area contributed by atoms with Gasteiger partial charge in [0.05, 0.1) is 19.3 Å². The van der Waals surface area contributed by atoms with Crippen LogP contribution < -0.4 is 14.9 Å². The topological polar surface area (TPSA) is 98.8 Å². The molecule has 2 aliphatic heterocycles. The summed E-state index contributed by atoms with van der Waals surface area (Å²) >= 11 is 0. The van der Waals surface area contributed by atoms with Crippen molar-refractivity contribution in [1.82, 2.24) is 14.3 Å². The normalized spacial score (nSPS) is 25.6. The minimum Gasteiger partial charge on any atom is -0.377 e. The monoisotopic (exact) mass is 343 g/mol. The first-order valence-electron chi connectivity index (χ1n) is 7.59. The van der Waals surface area contributed by atoms with E-state index in [9.17, 15) is 13.2 Å². The van der Waals surface area contributed by atoms with E-state index >= 15 is 0 Å². The molecule has 1 N–H and O–H groups in total. The van der Waals surface area contributed by atoms with E-state index in [0.29, 0.717) is 45.1 Å².